The van der Waals surface area contributed by atoms with Crippen LogP contribution < -0.4 is 5.56 Å². The molecule has 2 aromatic rings. The molecule has 0 amide bonds. The van der Waals surface area contributed by atoms with Gasteiger partial charge in [-0.15, -0.1) is 0 Å². The van der Waals surface area contributed by atoms with E-state index in [0.29, 0.717) is 12.1 Å². The number of hydrogen-bond acceptors (Lipinski definition) is 2. The van der Waals surface area contributed by atoms with Crippen LogP contribution in [0.25, 0.3) is 11.1 Å². The molecule has 0 fully saturated rings. The summed E-state index contributed by atoms with van der Waals surface area (Å²) in [5.74, 6) is 0.0634. The number of aromatic nitrogens is 1. The highest BCUT2D eigenvalue weighted by Crippen LogP contribution is 2.26. The van der Waals surface area contributed by atoms with Crippen LogP contribution in [0.2, 0.25) is 0 Å². The van der Waals surface area contributed by atoms with Gasteiger partial charge in [0, 0.05) is 18.3 Å². The molecule has 0 unspecified atom stereocenters. The topological polar surface area (TPSA) is 42.2 Å². The molecule has 0 atom stereocenters. The van der Waals surface area contributed by atoms with Crippen LogP contribution in [0, 0.1) is 6.92 Å². The number of nitrogens with zero attached hydrogens (tertiary/aromatic N) is 1. The molecule has 2 rings (SSSR count). The van der Waals surface area contributed by atoms with E-state index in [1.165, 1.54) is 12.8 Å². The fourth-order valence-corrected chi connectivity index (χ4v) is 2.60. The summed E-state index contributed by atoms with van der Waals surface area (Å²) < 4.78 is 1.78. The Morgan fingerprint density at radius 2 is 1.81 bits per heavy atom. The maximum atomic E-state index is 12.7. The predicted molar refractivity (Wildman–Crippen MR) is 86.7 cm³/mol. The van der Waals surface area contributed by atoms with Gasteiger partial charge < -0.3 is 9.67 Å². The van der Waals surface area contributed by atoms with E-state index in [1.54, 1.807) is 10.6 Å². The van der Waals surface area contributed by atoms with E-state index in [-0.39, 0.29) is 11.3 Å². The van der Waals surface area contributed by atoms with Gasteiger partial charge in [0.15, 0.2) is 0 Å². The fraction of sp³-hybridized carbons (Fsp3) is 0.389. The summed E-state index contributed by atoms with van der Waals surface area (Å²) in [7, 11) is 0. The molecule has 0 aliphatic carbocycles. The van der Waals surface area contributed by atoms with Crippen molar-refractivity contribution >= 4 is 0 Å². The van der Waals surface area contributed by atoms with Crippen LogP contribution in [0.15, 0.2) is 41.2 Å². The van der Waals surface area contributed by atoms with Crippen molar-refractivity contribution in [3.63, 3.8) is 0 Å². The number of aromatic hydroxyl groups is 1. The number of pyridine rings is 1. The molecule has 21 heavy (non-hydrogen) atoms. The van der Waals surface area contributed by atoms with E-state index in [0.717, 1.165) is 24.1 Å². The summed E-state index contributed by atoms with van der Waals surface area (Å²) in [5, 5.41) is 10.1. The van der Waals surface area contributed by atoms with Gasteiger partial charge in [0.05, 0.1) is 5.56 Å². The second kappa shape index (κ2) is 7.11. The third-order valence-corrected chi connectivity index (χ3v) is 3.78. The number of benzene rings is 1. The largest absolute Gasteiger partial charge is 0.507 e. The average Bonchev–Trinajstić information content (AvgIpc) is 2.47. The number of aryl methyl sites for hydroxylation is 1. The Morgan fingerprint density at radius 1 is 1.10 bits per heavy atom. The number of hydrogen-bond donors (Lipinski definition) is 1. The molecule has 0 bridgehead atoms. The van der Waals surface area contributed by atoms with Crippen molar-refractivity contribution in [2.24, 2.45) is 0 Å². The lowest BCUT2D eigenvalue weighted by atomic mass is 10.1. The van der Waals surface area contributed by atoms with Crippen molar-refractivity contribution in [1.29, 1.82) is 0 Å². The minimum Gasteiger partial charge on any atom is -0.507 e. The Balaban J connectivity index is 2.37. The molecule has 1 heterocycles. The Bertz CT molecular complexity index is 644. The summed E-state index contributed by atoms with van der Waals surface area (Å²) in [4.78, 5) is 12.7. The van der Waals surface area contributed by atoms with E-state index in [9.17, 15) is 9.90 Å². The molecule has 1 aromatic heterocycles. The molecule has 0 saturated carbocycles. The first kappa shape index (κ1) is 15.4. The van der Waals surface area contributed by atoms with Gasteiger partial charge in [-0.3, -0.25) is 4.79 Å². The van der Waals surface area contributed by atoms with Crippen LogP contribution >= 0.6 is 0 Å². The van der Waals surface area contributed by atoms with Crippen molar-refractivity contribution in [1.82, 2.24) is 4.57 Å². The van der Waals surface area contributed by atoms with Crippen molar-refractivity contribution in [2.45, 2.75) is 46.1 Å². The second-order valence-electron chi connectivity index (χ2n) is 5.43. The smallest absolute Gasteiger partial charge is 0.262 e. The van der Waals surface area contributed by atoms with Gasteiger partial charge in [0.1, 0.15) is 5.75 Å². The van der Waals surface area contributed by atoms with Gasteiger partial charge in [-0.25, -0.2) is 0 Å². The van der Waals surface area contributed by atoms with E-state index in [2.05, 4.69) is 6.92 Å². The van der Waals surface area contributed by atoms with Crippen LogP contribution in [0.4, 0.5) is 0 Å². The third kappa shape index (κ3) is 3.54. The van der Waals surface area contributed by atoms with Gasteiger partial charge in [-0.1, -0.05) is 56.5 Å². The molecule has 1 N–H and O–H groups in total. The average molecular weight is 285 g/mol. The molecule has 0 saturated heterocycles. The van der Waals surface area contributed by atoms with Crippen LogP contribution in [0.5, 0.6) is 5.75 Å². The van der Waals surface area contributed by atoms with Crippen molar-refractivity contribution in [2.75, 3.05) is 0 Å². The summed E-state index contributed by atoms with van der Waals surface area (Å²) in [6.07, 6.45) is 4.49. The Kier molecular flexibility index (Phi) is 5.20. The van der Waals surface area contributed by atoms with Crippen molar-refractivity contribution in [3.05, 3.63) is 52.4 Å². The molecule has 0 aliphatic heterocycles. The Morgan fingerprint density at radius 3 is 2.48 bits per heavy atom. The molecule has 3 nitrogen and oxygen atoms in total. The highest BCUT2D eigenvalue weighted by atomic mass is 16.3. The van der Waals surface area contributed by atoms with Crippen molar-refractivity contribution < 1.29 is 5.11 Å². The van der Waals surface area contributed by atoms with Gasteiger partial charge in [0.2, 0.25) is 0 Å². The van der Waals surface area contributed by atoms with Crippen LogP contribution in [-0.2, 0) is 6.54 Å². The molecule has 112 valence electrons. The molecule has 0 spiro atoms. The van der Waals surface area contributed by atoms with Gasteiger partial charge in [-0.05, 0) is 18.9 Å². The van der Waals surface area contributed by atoms with E-state index in [1.807, 2.05) is 37.3 Å². The van der Waals surface area contributed by atoms with Gasteiger partial charge in [-0.2, -0.15) is 0 Å². The Hall–Kier alpha value is -2.03. The fourth-order valence-electron chi connectivity index (χ4n) is 2.60. The quantitative estimate of drug-likeness (QED) is 0.812. The van der Waals surface area contributed by atoms with E-state index < -0.39 is 0 Å². The minimum atomic E-state index is -0.102. The zero-order valence-corrected chi connectivity index (χ0v) is 12.8. The summed E-state index contributed by atoms with van der Waals surface area (Å²) >= 11 is 0. The molecular weight excluding hydrogens is 262 g/mol. The van der Waals surface area contributed by atoms with Crippen LogP contribution in [0.1, 0.15) is 38.3 Å². The maximum Gasteiger partial charge on any atom is 0.262 e. The lowest BCUT2D eigenvalue weighted by Crippen LogP contribution is -2.24. The normalized spacial score (nSPS) is 10.8. The molecule has 0 aliphatic rings. The van der Waals surface area contributed by atoms with E-state index in [4.69, 9.17) is 0 Å². The third-order valence-electron chi connectivity index (χ3n) is 3.78. The number of unbranched alkanes of at least 4 members (excludes halogenated alkanes) is 3. The maximum absolute atomic E-state index is 12.7. The summed E-state index contributed by atoms with van der Waals surface area (Å²) in [6.45, 7) is 4.76. The minimum absolute atomic E-state index is 0.0634. The van der Waals surface area contributed by atoms with Crippen LogP contribution in [-0.4, -0.2) is 9.67 Å². The molecular formula is C18H23NO2. The predicted octanol–water partition coefficient (Wildman–Crippen LogP) is 4.11. The highest BCUT2D eigenvalue weighted by Gasteiger charge is 2.13. The van der Waals surface area contributed by atoms with E-state index >= 15 is 0 Å². The monoisotopic (exact) mass is 285 g/mol. The second-order valence-corrected chi connectivity index (χ2v) is 5.43. The zero-order valence-electron chi connectivity index (χ0n) is 12.8. The van der Waals surface area contributed by atoms with Gasteiger partial charge in [0.25, 0.3) is 5.56 Å². The first-order chi connectivity index (χ1) is 10.1. The Labute approximate surface area is 125 Å². The first-order valence-electron chi connectivity index (χ1n) is 7.64. The van der Waals surface area contributed by atoms with Crippen LogP contribution in [0.3, 0.4) is 0 Å². The SMILES string of the molecule is CCCCCCn1c(C)cc(O)c(-c2ccccc2)c1=O. The number of rotatable bonds is 6. The lowest BCUT2D eigenvalue weighted by Gasteiger charge is -2.13. The van der Waals surface area contributed by atoms with Crippen molar-refractivity contribution in [3.8, 4) is 16.9 Å². The zero-order chi connectivity index (χ0) is 15.2. The standard InChI is InChI=1S/C18H23NO2/c1-3-4-5-9-12-19-14(2)13-16(20)17(18(19)21)15-10-7-6-8-11-15/h6-8,10-11,13,20H,3-5,9,12H2,1-2H3. The lowest BCUT2D eigenvalue weighted by molar-refractivity contribution is 0.469. The summed E-state index contributed by atoms with van der Waals surface area (Å²) in [6, 6.07) is 11.0. The molecule has 0 radical (unpaired) electrons. The first-order valence-corrected chi connectivity index (χ1v) is 7.64. The highest BCUT2D eigenvalue weighted by molar-refractivity contribution is 5.69. The van der Waals surface area contributed by atoms with Gasteiger partial charge >= 0.3 is 0 Å². The summed E-state index contributed by atoms with van der Waals surface area (Å²) in [5.41, 5.74) is 1.88. The molecule has 1 aromatic carbocycles. The molecule has 3 heteroatoms.